The van der Waals surface area contributed by atoms with Crippen molar-refractivity contribution in [3.63, 3.8) is 0 Å². The molecule has 0 aromatic carbocycles. The summed E-state index contributed by atoms with van der Waals surface area (Å²) in [6, 6.07) is 0.0352. The molecule has 102 valence electrons. The number of aromatic amines is 1. The van der Waals surface area contributed by atoms with Crippen LogP contribution in [0.5, 0.6) is 0 Å². The van der Waals surface area contributed by atoms with Crippen LogP contribution in [0.2, 0.25) is 0 Å². The predicted octanol–water partition coefficient (Wildman–Crippen LogP) is 1.97. The van der Waals surface area contributed by atoms with Gasteiger partial charge in [0.05, 0.1) is 11.9 Å². The van der Waals surface area contributed by atoms with Crippen molar-refractivity contribution in [1.82, 2.24) is 14.9 Å². The summed E-state index contributed by atoms with van der Waals surface area (Å²) in [5.74, 6) is 0. The smallest absolute Gasteiger partial charge is 0.244 e. The average Bonchev–Trinajstić information content (AvgIpc) is 2.62. The van der Waals surface area contributed by atoms with Gasteiger partial charge in [-0.3, -0.25) is 5.10 Å². The van der Waals surface area contributed by atoms with Gasteiger partial charge in [0.2, 0.25) is 10.0 Å². The van der Waals surface area contributed by atoms with Crippen LogP contribution in [-0.4, -0.2) is 24.7 Å². The maximum Gasteiger partial charge on any atom is 0.244 e. The van der Waals surface area contributed by atoms with Gasteiger partial charge in [-0.15, -0.1) is 0 Å². The molecule has 1 aliphatic rings. The zero-order valence-electron chi connectivity index (χ0n) is 11.2. The van der Waals surface area contributed by atoms with Crippen molar-refractivity contribution in [3.8, 4) is 0 Å². The number of sulfonamides is 1. The van der Waals surface area contributed by atoms with Gasteiger partial charge < -0.3 is 0 Å². The second kappa shape index (κ2) is 4.66. The Morgan fingerprint density at radius 2 is 2.22 bits per heavy atom. The van der Waals surface area contributed by atoms with Gasteiger partial charge in [0.25, 0.3) is 0 Å². The van der Waals surface area contributed by atoms with E-state index >= 15 is 0 Å². The van der Waals surface area contributed by atoms with E-state index in [1.807, 2.05) is 0 Å². The first-order valence-corrected chi connectivity index (χ1v) is 7.81. The van der Waals surface area contributed by atoms with Gasteiger partial charge in [0.15, 0.2) is 0 Å². The molecule has 0 bridgehead atoms. The Morgan fingerprint density at radius 1 is 1.50 bits per heavy atom. The fraction of sp³-hybridized carbons (Fsp3) is 0.750. The largest absolute Gasteiger partial charge is 0.281 e. The second-order valence-corrected chi connectivity index (χ2v) is 7.62. The molecule has 0 amide bonds. The van der Waals surface area contributed by atoms with Crippen LogP contribution in [0.4, 0.5) is 0 Å². The quantitative estimate of drug-likeness (QED) is 0.882. The number of H-pyrrole nitrogens is 1. The Bertz CT molecular complexity index is 519. The van der Waals surface area contributed by atoms with E-state index in [1.165, 1.54) is 6.20 Å². The lowest BCUT2D eigenvalue weighted by atomic mass is 9.75. The molecule has 0 aliphatic heterocycles. The van der Waals surface area contributed by atoms with Gasteiger partial charge >= 0.3 is 0 Å². The first-order chi connectivity index (χ1) is 8.30. The molecule has 6 heteroatoms. The summed E-state index contributed by atoms with van der Waals surface area (Å²) in [6.45, 7) is 6.10. The van der Waals surface area contributed by atoms with Crippen molar-refractivity contribution in [3.05, 3.63) is 11.9 Å². The maximum absolute atomic E-state index is 12.2. The SMILES string of the molecule is Cc1[nH]ncc1S(=O)(=O)NC1CCCC(C)(C)C1. The van der Waals surface area contributed by atoms with Crippen molar-refractivity contribution >= 4 is 10.0 Å². The van der Waals surface area contributed by atoms with Gasteiger partial charge in [-0.05, 0) is 31.6 Å². The molecule has 1 fully saturated rings. The van der Waals surface area contributed by atoms with Crippen LogP contribution in [0.25, 0.3) is 0 Å². The Morgan fingerprint density at radius 3 is 2.78 bits per heavy atom. The number of nitrogens with one attached hydrogen (secondary N) is 2. The van der Waals surface area contributed by atoms with Crippen molar-refractivity contribution in [2.45, 2.75) is 57.4 Å². The second-order valence-electron chi connectivity index (χ2n) is 5.94. The summed E-state index contributed by atoms with van der Waals surface area (Å²) in [5, 5.41) is 6.42. The number of hydrogen-bond donors (Lipinski definition) is 2. The average molecular weight is 271 g/mol. The Balaban J connectivity index is 2.12. The van der Waals surface area contributed by atoms with Crippen molar-refractivity contribution < 1.29 is 8.42 Å². The monoisotopic (exact) mass is 271 g/mol. The van der Waals surface area contributed by atoms with Crippen LogP contribution >= 0.6 is 0 Å². The van der Waals surface area contributed by atoms with Crippen LogP contribution in [0.3, 0.4) is 0 Å². The van der Waals surface area contributed by atoms with Gasteiger partial charge in [0, 0.05) is 6.04 Å². The Kier molecular flexibility index (Phi) is 3.51. The molecule has 1 unspecified atom stereocenters. The summed E-state index contributed by atoms with van der Waals surface area (Å²) >= 11 is 0. The summed E-state index contributed by atoms with van der Waals surface area (Å²) in [6.07, 6.45) is 5.41. The zero-order valence-corrected chi connectivity index (χ0v) is 12.0. The third-order valence-corrected chi connectivity index (χ3v) is 5.23. The summed E-state index contributed by atoms with van der Waals surface area (Å²) < 4.78 is 27.3. The normalized spacial score (nSPS) is 24.1. The van der Waals surface area contributed by atoms with E-state index in [0.717, 1.165) is 25.7 Å². The zero-order chi connectivity index (χ0) is 13.4. The molecule has 5 nitrogen and oxygen atoms in total. The fourth-order valence-corrected chi connectivity index (χ4v) is 4.10. The van der Waals surface area contributed by atoms with E-state index in [2.05, 4.69) is 28.8 Å². The van der Waals surface area contributed by atoms with Crippen molar-refractivity contribution in [1.29, 1.82) is 0 Å². The molecule has 1 saturated carbocycles. The Hall–Kier alpha value is -0.880. The summed E-state index contributed by atoms with van der Waals surface area (Å²) in [7, 11) is -3.44. The first-order valence-electron chi connectivity index (χ1n) is 6.32. The molecule has 1 aromatic rings. The summed E-state index contributed by atoms with van der Waals surface area (Å²) in [4.78, 5) is 0.255. The highest BCUT2D eigenvalue weighted by molar-refractivity contribution is 7.89. The van der Waals surface area contributed by atoms with Crippen molar-refractivity contribution in [2.75, 3.05) is 0 Å². The van der Waals surface area contributed by atoms with E-state index in [4.69, 9.17) is 0 Å². The van der Waals surface area contributed by atoms with Crippen molar-refractivity contribution in [2.24, 2.45) is 5.41 Å². The van der Waals surface area contributed by atoms with Crippen LogP contribution in [0.1, 0.15) is 45.2 Å². The highest BCUT2D eigenvalue weighted by Crippen LogP contribution is 2.35. The molecule has 2 N–H and O–H groups in total. The molecule has 0 spiro atoms. The molecule has 1 aromatic heterocycles. The summed E-state index contributed by atoms with van der Waals surface area (Å²) in [5.41, 5.74) is 0.800. The van der Waals surface area contributed by atoms with Gasteiger partial charge in [0.1, 0.15) is 4.90 Å². The van der Waals surface area contributed by atoms with E-state index < -0.39 is 10.0 Å². The van der Waals surface area contributed by atoms with Crippen LogP contribution in [0, 0.1) is 12.3 Å². The highest BCUT2D eigenvalue weighted by Gasteiger charge is 2.31. The fourth-order valence-electron chi connectivity index (χ4n) is 2.69. The molecule has 0 saturated heterocycles. The van der Waals surface area contributed by atoms with Crippen LogP contribution in [0.15, 0.2) is 11.1 Å². The molecule has 18 heavy (non-hydrogen) atoms. The van der Waals surface area contributed by atoms with Gasteiger partial charge in [-0.1, -0.05) is 20.3 Å². The molecular weight excluding hydrogens is 250 g/mol. The number of hydrogen-bond acceptors (Lipinski definition) is 3. The van der Waals surface area contributed by atoms with E-state index in [0.29, 0.717) is 5.69 Å². The standard InChI is InChI=1S/C12H21N3O2S/c1-9-11(8-13-14-9)18(16,17)15-10-5-4-6-12(2,3)7-10/h8,10,15H,4-7H2,1-3H3,(H,13,14). The minimum Gasteiger partial charge on any atom is -0.281 e. The molecule has 2 rings (SSSR count). The lowest BCUT2D eigenvalue weighted by Crippen LogP contribution is -2.40. The molecular formula is C12H21N3O2S. The number of rotatable bonds is 3. The van der Waals surface area contributed by atoms with E-state index in [1.54, 1.807) is 6.92 Å². The maximum atomic E-state index is 12.2. The predicted molar refractivity (Wildman–Crippen MR) is 69.7 cm³/mol. The minimum absolute atomic E-state index is 0.0352. The lowest BCUT2D eigenvalue weighted by molar-refractivity contribution is 0.212. The highest BCUT2D eigenvalue weighted by atomic mass is 32.2. The number of aryl methyl sites for hydroxylation is 1. The van der Waals surface area contributed by atoms with E-state index in [-0.39, 0.29) is 16.4 Å². The van der Waals surface area contributed by atoms with Crippen LogP contribution in [-0.2, 0) is 10.0 Å². The molecule has 1 atom stereocenters. The molecule has 1 aliphatic carbocycles. The Labute approximate surface area is 108 Å². The lowest BCUT2D eigenvalue weighted by Gasteiger charge is -2.35. The third-order valence-electron chi connectivity index (χ3n) is 3.60. The molecule has 1 heterocycles. The number of nitrogens with zero attached hydrogens (tertiary/aromatic N) is 1. The van der Waals surface area contributed by atoms with E-state index in [9.17, 15) is 8.42 Å². The first kappa shape index (κ1) is 13.5. The number of aromatic nitrogens is 2. The third kappa shape index (κ3) is 2.92. The minimum atomic E-state index is -3.44. The molecule has 0 radical (unpaired) electrons. The topological polar surface area (TPSA) is 74.8 Å². The van der Waals surface area contributed by atoms with Gasteiger partial charge in [-0.2, -0.15) is 5.10 Å². The van der Waals surface area contributed by atoms with Gasteiger partial charge in [-0.25, -0.2) is 13.1 Å². The van der Waals surface area contributed by atoms with Crippen LogP contribution < -0.4 is 4.72 Å².